The molecule has 0 heteroatoms. The Bertz CT molecular complexity index is 162. The van der Waals surface area contributed by atoms with Gasteiger partial charge in [-0.2, -0.15) is 0 Å². The van der Waals surface area contributed by atoms with Gasteiger partial charge in [-0.25, -0.2) is 0 Å². The van der Waals surface area contributed by atoms with Crippen LogP contribution in [0.3, 0.4) is 0 Å². The summed E-state index contributed by atoms with van der Waals surface area (Å²) in [6.07, 6.45) is 8.08. The van der Waals surface area contributed by atoms with Crippen molar-refractivity contribution in [2.75, 3.05) is 0 Å². The van der Waals surface area contributed by atoms with Crippen LogP contribution in [0.2, 0.25) is 0 Å². The van der Waals surface area contributed by atoms with E-state index in [1.54, 1.807) is 0 Å². The fraction of sp³-hybridized carbons (Fsp3) is 0.429. The standard InChI is InChI=1S/C8H14.C6H10/c1-7(2)5-6-8(3)4;1-3-5-6-4-2/h1,3,5-6H2,2,4H3;3-4H,1-2,5-6H2. The topological polar surface area (TPSA) is 0 Å². The molecular weight excluding hydrogens is 168 g/mol. The molecular formula is C14H24. The third-order valence-corrected chi connectivity index (χ3v) is 1.55. The van der Waals surface area contributed by atoms with E-state index in [0.29, 0.717) is 0 Å². The fourth-order valence-electron chi connectivity index (χ4n) is 0.662. The summed E-state index contributed by atoms with van der Waals surface area (Å²) >= 11 is 0. The Balaban J connectivity index is 0. The van der Waals surface area contributed by atoms with Gasteiger partial charge in [0.25, 0.3) is 0 Å². The van der Waals surface area contributed by atoms with Crippen molar-refractivity contribution in [2.45, 2.75) is 39.5 Å². The van der Waals surface area contributed by atoms with Crippen molar-refractivity contribution >= 4 is 0 Å². The fourth-order valence-corrected chi connectivity index (χ4v) is 0.662. The molecule has 14 heavy (non-hydrogen) atoms. The lowest BCUT2D eigenvalue weighted by Crippen LogP contribution is -1.75. The van der Waals surface area contributed by atoms with Gasteiger partial charge in [-0.05, 0) is 39.5 Å². The zero-order valence-electron chi connectivity index (χ0n) is 9.81. The van der Waals surface area contributed by atoms with Crippen molar-refractivity contribution in [3.05, 3.63) is 49.6 Å². The van der Waals surface area contributed by atoms with Crippen LogP contribution in [0.15, 0.2) is 49.6 Å². The van der Waals surface area contributed by atoms with Crippen LogP contribution < -0.4 is 0 Å². The van der Waals surface area contributed by atoms with E-state index in [1.165, 1.54) is 11.1 Å². The predicted molar refractivity (Wildman–Crippen MR) is 68.5 cm³/mol. The Morgan fingerprint density at radius 2 is 1.14 bits per heavy atom. The number of unbranched alkanes of at least 4 members (excludes halogenated alkanes) is 1. The molecule has 0 radical (unpaired) electrons. The number of hydrogen-bond acceptors (Lipinski definition) is 0. The van der Waals surface area contributed by atoms with Crippen LogP contribution in [0.1, 0.15) is 39.5 Å². The van der Waals surface area contributed by atoms with E-state index >= 15 is 0 Å². The first-order valence-corrected chi connectivity index (χ1v) is 5.05. The Morgan fingerprint density at radius 3 is 1.29 bits per heavy atom. The monoisotopic (exact) mass is 192 g/mol. The largest absolute Gasteiger partial charge is 0.103 e. The average molecular weight is 192 g/mol. The molecule has 0 aliphatic carbocycles. The van der Waals surface area contributed by atoms with Gasteiger partial charge in [0, 0.05) is 0 Å². The van der Waals surface area contributed by atoms with Crippen LogP contribution in [-0.2, 0) is 0 Å². The molecule has 0 amide bonds. The first-order chi connectivity index (χ1) is 6.54. The maximum Gasteiger partial charge on any atom is -0.0289 e. The normalized spacial score (nSPS) is 8.14. The molecule has 0 aliphatic heterocycles. The van der Waals surface area contributed by atoms with Gasteiger partial charge >= 0.3 is 0 Å². The third-order valence-electron chi connectivity index (χ3n) is 1.55. The summed E-state index contributed by atoms with van der Waals surface area (Å²) in [6, 6.07) is 0. The van der Waals surface area contributed by atoms with Crippen LogP contribution in [-0.4, -0.2) is 0 Å². The molecule has 0 aromatic heterocycles. The van der Waals surface area contributed by atoms with Crippen molar-refractivity contribution in [3.63, 3.8) is 0 Å². The van der Waals surface area contributed by atoms with E-state index in [0.717, 1.165) is 25.7 Å². The van der Waals surface area contributed by atoms with Crippen LogP contribution in [0.25, 0.3) is 0 Å². The Labute approximate surface area is 89.7 Å². The third kappa shape index (κ3) is 22.4. The van der Waals surface area contributed by atoms with Crippen molar-refractivity contribution in [2.24, 2.45) is 0 Å². The molecule has 0 rings (SSSR count). The number of rotatable bonds is 6. The first-order valence-electron chi connectivity index (χ1n) is 5.05. The second kappa shape index (κ2) is 12.0. The summed E-state index contributed by atoms with van der Waals surface area (Å²) in [6.45, 7) is 18.8. The molecule has 0 atom stereocenters. The molecule has 0 aliphatic rings. The summed E-state index contributed by atoms with van der Waals surface area (Å²) in [4.78, 5) is 0. The molecule has 0 spiro atoms. The molecule has 0 fully saturated rings. The van der Waals surface area contributed by atoms with Crippen LogP contribution >= 0.6 is 0 Å². The van der Waals surface area contributed by atoms with Crippen molar-refractivity contribution in [1.82, 2.24) is 0 Å². The van der Waals surface area contributed by atoms with Gasteiger partial charge in [0.2, 0.25) is 0 Å². The Morgan fingerprint density at radius 1 is 0.857 bits per heavy atom. The summed E-state index contributed by atoms with van der Waals surface area (Å²) in [5, 5.41) is 0. The van der Waals surface area contributed by atoms with E-state index in [4.69, 9.17) is 0 Å². The lowest BCUT2D eigenvalue weighted by atomic mass is 10.1. The molecule has 0 aromatic rings. The molecule has 80 valence electrons. The highest BCUT2D eigenvalue weighted by Gasteiger charge is 1.85. The molecule has 0 bridgehead atoms. The van der Waals surface area contributed by atoms with Gasteiger partial charge in [0.1, 0.15) is 0 Å². The highest BCUT2D eigenvalue weighted by Crippen LogP contribution is 2.05. The summed E-state index contributed by atoms with van der Waals surface area (Å²) < 4.78 is 0. The molecule has 0 saturated heterocycles. The summed E-state index contributed by atoms with van der Waals surface area (Å²) in [5.41, 5.74) is 2.49. The van der Waals surface area contributed by atoms with Gasteiger partial charge < -0.3 is 0 Å². The minimum absolute atomic E-state index is 1.06. The minimum atomic E-state index is 1.06. The van der Waals surface area contributed by atoms with E-state index in [1.807, 2.05) is 26.0 Å². The van der Waals surface area contributed by atoms with E-state index < -0.39 is 0 Å². The van der Waals surface area contributed by atoms with Crippen LogP contribution in [0.5, 0.6) is 0 Å². The number of hydrogen-bond donors (Lipinski definition) is 0. The lowest BCUT2D eigenvalue weighted by Gasteiger charge is -1.95. The minimum Gasteiger partial charge on any atom is -0.103 e. The maximum absolute atomic E-state index is 3.79. The first kappa shape index (κ1) is 15.4. The van der Waals surface area contributed by atoms with Gasteiger partial charge in [0.15, 0.2) is 0 Å². The quantitative estimate of drug-likeness (QED) is 0.408. The second-order valence-electron chi connectivity index (χ2n) is 3.57. The van der Waals surface area contributed by atoms with E-state index in [-0.39, 0.29) is 0 Å². The highest BCUT2D eigenvalue weighted by atomic mass is 13.9. The van der Waals surface area contributed by atoms with Crippen molar-refractivity contribution in [3.8, 4) is 0 Å². The lowest BCUT2D eigenvalue weighted by molar-refractivity contribution is 0.933. The summed E-state index contributed by atoms with van der Waals surface area (Å²) in [7, 11) is 0. The average Bonchev–Trinajstić information content (AvgIpc) is 2.12. The van der Waals surface area contributed by atoms with Crippen LogP contribution in [0.4, 0.5) is 0 Å². The highest BCUT2D eigenvalue weighted by molar-refractivity contribution is 4.96. The zero-order chi connectivity index (χ0) is 11.4. The Hall–Kier alpha value is -1.04. The zero-order valence-corrected chi connectivity index (χ0v) is 9.81. The second-order valence-corrected chi connectivity index (χ2v) is 3.57. The predicted octanol–water partition coefficient (Wildman–Crippen LogP) is 5.06. The molecule has 0 N–H and O–H groups in total. The molecule has 0 heterocycles. The van der Waals surface area contributed by atoms with Gasteiger partial charge in [-0.15, -0.1) is 26.3 Å². The van der Waals surface area contributed by atoms with E-state index in [2.05, 4.69) is 26.3 Å². The maximum atomic E-state index is 3.79. The smallest absolute Gasteiger partial charge is 0.0289 e. The van der Waals surface area contributed by atoms with E-state index in [9.17, 15) is 0 Å². The van der Waals surface area contributed by atoms with Gasteiger partial charge in [0.05, 0.1) is 0 Å². The van der Waals surface area contributed by atoms with Gasteiger partial charge in [-0.3, -0.25) is 0 Å². The SMILES string of the molecule is C=C(C)CCC(=C)C.C=CCCC=C. The molecule has 0 unspecified atom stereocenters. The molecule has 0 nitrogen and oxygen atoms in total. The molecule has 0 saturated carbocycles. The summed E-state index contributed by atoms with van der Waals surface area (Å²) in [5.74, 6) is 0. The van der Waals surface area contributed by atoms with Crippen LogP contribution in [0, 0.1) is 0 Å². The van der Waals surface area contributed by atoms with Crippen molar-refractivity contribution in [1.29, 1.82) is 0 Å². The molecule has 0 aromatic carbocycles. The Kier molecular flexibility index (Phi) is 13.2. The van der Waals surface area contributed by atoms with Crippen molar-refractivity contribution < 1.29 is 0 Å². The number of allylic oxidation sites excluding steroid dienone is 4. The van der Waals surface area contributed by atoms with Gasteiger partial charge in [-0.1, -0.05) is 23.3 Å².